The van der Waals surface area contributed by atoms with Crippen molar-refractivity contribution < 1.29 is 4.39 Å². The van der Waals surface area contributed by atoms with Gasteiger partial charge in [-0.05, 0) is 39.5 Å². The van der Waals surface area contributed by atoms with Gasteiger partial charge in [0.2, 0.25) is 0 Å². The van der Waals surface area contributed by atoms with Crippen molar-refractivity contribution in [2.45, 2.75) is 63.7 Å². The highest BCUT2D eigenvalue weighted by molar-refractivity contribution is 4.99. The van der Waals surface area contributed by atoms with E-state index in [1.807, 2.05) is 13.8 Å². The van der Waals surface area contributed by atoms with Crippen molar-refractivity contribution in [3.8, 4) is 0 Å². The van der Waals surface area contributed by atoms with Gasteiger partial charge < -0.3 is 5.73 Å². The first-order chi connectivity index (χ1) is 8.00. The van der Waals surface area contributed by atoms with Crippen molar-refractivity contribution in [1.82, 2.24) is 14.8 Å². The van der Waals surface area contributed by atoms with Gasteiger partial charge in [-0.15, -0.1) is 0 Å². The number of hydrogen-bond acceptors (Lipinski definition) is 3. The first kappa shape index (κ1) is 12.5. The zero-order valence-corrected chi connectivity index (χ0v) is 10.6. The molecule has 17 heavy (non-hydrogen) atoms. The van der Waals surface area contributed by atoms with E-state index in [-0.39, 0.29) is 12.1 Å². The zero-order chi connectivity index (χ0) is 12.5. The molecule has 0 bridgehead atoms. The molecule has 2 N–H and O–H groups in total. The maximum absolute atomic E-state index is 14.7. The van der Waals surface area contributed by atoms with Gasteiger partial charge in [0.05, 0.1) is 0 Å². The lowest BCUT2D eigenvalue weighted by Gasteiger charge is -2.32. The standard InChI is InChI=1S/C12H21FN4/c1-9(2)17-11(15-8-16-17)7-12(13)5-3-4-10(14)6-12/h8-10H,3-7,14H2,1-2H3. The lowest BCUT2D eigenvalue weighted by atomic mass is 9.81. The van der Waals surface area contributed by atoms with Gasteiger partial charge >= 0.3 is 0 Å². The summed E-state index contributed by atoms with van der Waals surface area (Å²) in [6, 6.07) is 0.206. The molecule has 4 nitrogen and oxygen atoms in total. The Bertz CT molecular complexity index is 376. The Hall–Kier alpha value is -0.970. The van der Waals surface area contributed by atoms with Crippen molar-refractivity contribution >= 4 is 0 Å². The average Bonchev–Trinajstić information content (AvgIpc) is 2.64. The van der Waals surface area contributed by atoms with E-state index in [4.69, 9.17) is 5.73 Å². The van der Waals surface area contributed by atoms with Crippen molar-refractivity contribution in [3.05, 3.63) is 12.2 Å². The van der Waals surface area contributed by atoms with Crippen LogP contribution in [-0.4, -0.2) is 26.5 Å². The molecular weight excluding hydrogens is 219 g/mol. The summed E-state index contributed by atoms with van der Waals surface area (Å²) >= 11 is 0. The minimum Gasteiger partial charge on any atom is -0.328 e. The van der Waals surface area contributed by atoms with E-state index in [2.05, 4.69) is 10.1 Å². The molecule has 1 fully saturated rings. The van der Waals surface area contributed by atoms with Crippen LogP contribution in [0, 0.1) is 0 Å². The number of nitrogens with zero attached hydrogens (tertiary/aromatic N) is 3. The number of halogens is 1. The molecule has 2 unspecified atom stereocenters. The Kier molecular flexibility index (Phi) is 3.47. The van der Waals surface area contributed by atoms with Crippen molar-refractivity contribution in [3.63, 3.8) is 0 Å². The third kappa shape index (κ3) is 2.83. The van der Waals surface area contributed by atoms with Gasteiger partial charge in [-0.3, -0.25) is 0 Å². The first-order valence-electron chi connectivity index (χ1n) is 6.33. The SMILES string of the molecule is CC(C)n1ncnc1CC1(F)CCCC(N)C1. The third-order valence-corrected chi connectivity index (χ3v) is 3.44. The monoisotopic (exact) mass is 240 g/mol. The lowest BCUT2D eigenvalue weighted by molar-refractivity contribution is 0.0924. The Morgan fingerprint density at radius 1 is 1.65 bits per heavy atom. The molecule has 1 aromatic heterocycles. The van der Waals surface area contributed by atoms with Gasteiger partial charge in [-0.2, -0.15) is 5.10 Å². The minimum absolute atomic E-state index is 0.0100. The predicted molar refractivity (Wildman–Crippen MR) is 64.4 cm³/mol. The summed E-state index contributed by atoms with van der Waals surface area (Å²) in [6.07, 6.45) is 4.67. The molecule has 0 spiro atoms. The van der Waals surface area contributed by atoms with Gasteiger partial charge in [0.1, 0.15) is 17.8 Å². The molecule has 96 valence electrons. The summed E-state index contributed by atoms with van der Waals surface area (Å²) in [5.74, 6) is 0.733. The van der Waals surface area contributed by atoms with Crippen LogP contribution in [0.15, 0.2) is 6.33 Å². The molecule has 0 aliphatic heterocycles. The molecule has 0 radical (unpaired) electrons. The van der Waals surface area contributed by atoms with Gasteiger partial charge in [0.25, 0.3) is 0 Å². The van der Waals surface area contributed by atoms with Gasteiger partial charge in [0.15, 0.2) is 0 Å². The zero-order valence-electron chi connectivity index (χ0n) is 10.6. The highest BCUT2D eigenvalue weighted by Crippen LogP contribution is 2.34. The van der Waals surface area contributed by atoms with Gasteiger partial charge in [0, 0.05) is 18.5 Å². The highest BCUT2D eigenvalue weighted by Gasteiger charge is 2.36. The van der Waals surface area contributed by atoms with Crippen molar-refractivity contribution in [2.75, 3.05) is 0 Å². The minimum atomic E-state index is -1.20. The first-order valence-corrected chi connectivity index (χ1v) is 6.33. The summed E-state index contributed by atoms with van der Waals surface area (Å²) in [6.45, 7) is 4.05. The maximum Gasteiger partial charge on any atom is 0.138 e. The Balaban J connectivity index is 2.11. The second-order valence-corrected chi connectivity index (χ2v) is 5.40. The van der Waals surface area contributed by atoms with Crippen molar-refractivity contribution in [2.24, 2.45) is 5.73 Å². The summed E-state index contributed by atoms with van der Waals surface area (Å²) in [5, 5.41) is 4.14. The fourth-order valence-corrected chi connectivity index (χ4v) is 2.63. The van der Waals surface area contributed by atoms with E-state index in [0.29, 0.717) is 19.3 Å². The Morgan fingerprint density at radius 3 is 3.06 bits per heavy atom. The molecule has 0 amide bonds. The molecule has 1 aliphatic rings. The molecule has 0 aromatic carbocycles. The average molecular weight is 240 g/mol. The molecule has 1 saturated carbocycles. The van der Waals surface area contributed by atoms with E-state index in [1.165, 1.54) is 6.33 Å². The second kappa shape index (κ2) is 4.72. The van der Waals surface area contributed by atoms with Crippen LogP contribution in [-0.2, 0) is 6.42 Å². The second-order valence-electron chi connectivity index (χ2n) is 5.40. The summed E-state index contributed by atoms with van der Waals surface area (Å²) in [7, 11) is 0. The highest BCUT2D eigenvalue weighted by atomic mass is 19.1. The van der Waals surface area contributed by atoms with Crippen LogP contribution in [0.3, 0.4) is 0 Å². The van der Waals surface area contributed by atoms with Crippen LogP contribution in [0.1, 0.15) is 51.4 Å². The fraction of sp³-hybridized carbons (Fsp3) is 0.833. The third-order valence-electron chi connectivity index (χ3n) is 3.44. The smallest absolute Gasteiger partial charge is 0.138 e. The summed E-state index contributed by atoms with van der Waals surface area (Å²) in [5.41, 5.74) is 4.66. The van der Waals surface area contributed by atoms with E-state index in [1.54, 1.807) is 4.68 Å². The van der Waals surface area contributed by atoms with Crippen LogP contribution in [0.5, 0.6) is 0 Å². The van der Waals surface area contributed by atoms with Crippen LogP contribution < -0.4 is 5.73 Å². The maximum atomic E-state index is 14.7. The van der Waals surface area contributed by atoms with Crippen LogP contribution >= 0.6 is 0 Å². The quantitative estimate of drug-likeness (QED) is 0.879. The van der Waals surface area contributed by atoms with Gasteiger partial charge in [-0.25, -0.2) is 14.1 Å². The fourth-order valence-electron chi connectivity index (χ4n) is 2.63. The predicted octanol–water partition coefficient (Wildman–Crippen LogP) is 2.01. The summed E-state index contributed by atoms with van der Waals surface area (Å²) < 4.78 is 16.5. The topological polar surface area (TPSA) is 56.7 Å². The van der Waals surface area contributed by atoms with E-state index in [0.717, 1.165) is 18.7 Å². The van der Waals surface area contributed by atoms with Crippen LogP contribution in [0.2, 0.25) is 0 Å². The molecule has 2 rings (SSSR count). The number of rotatable bonds is 3. The molecule has 0 saturated heterocycles. The lowest BCUT2D eigenvalue weighted by Crippen LogP contribution is -2.40. The van der Waals surface area contributed by atoms with E-state index >= 15 is 0 Å². The van der Waals surface area contributed by atoms with Gasteiger partial charge in [-0.1, -0.05) is 0 Å². The van der Waals surface area contributed by atoms with Crippen LogP contribution in [0.4, 0.5) is 4.39 Å². The number of nitrogens with two attached hydrogens (primary N) is 1. The van der Waals surface area contributed by atoms with E-state index in [9.17, 15) is 4.39 Å². The molecule has 1 aromatic rings. The largest absolute Gasteiger partial charge is 0.328 e. The Labute approximate surface area is 101 Å². The molecule has 2 atom stereocenters. The molecule has 1 heterocycles. The Morgan fingerprint density at radius 2 is 2.41 bits per heavy atom. The normalized spacial score (nSPS) is 29.8. The summed E-state index contributed by atoms with van der Waals surface area (Å²) in [4.78, 5) is 4.17. The van der Waals surface area contributed by atoms with Crippen LogP contribution in [0.25, 0.3) is 0 Å². The molecule has 1 aliphatic carbocycles. The van der Waals surface area contributed by atoms with E-state index < -0.39 is 5.67 Å². The molecule has 5 heteroatoms. The van der Waals surface area contributed by atoms with Crippen molar-refractivity contribution in [1.29, 1.82) is 0 Å². The number of hydrogen-bond donors (Lipinski definition) is 1. The number of alkyl halides is 1. The molecular formula is C12H21FN4. The number of aromatic nitrogens is 3.